The first kappa shape index (κ1) is 16.1. The van der Waals surface area contributed by atoms with E-state index in [2.05, 4.69) is 48.1 Å². The molecule has 4 rings (SSSR count). The molecule has 0 saturated heterocycles. The van der Waals surface area contributed by atoms with E-state index in [0.717, 1.165) is 33.3 Å². The predicted molar refractivity (Wildman–Crippen MR) is 103 cm³/mol. The summed E-state index contributed by atoms with van der Waals surface area (Å²) in [6, 6.07) is 15.4. The average molecular weight is 342 g/mol. The van der Waals surface area contributed by atoms with Gasteiger partial charge in [-0.1, -0.05) is 30.3 Å². The van der Waals surface area contributed by atoms with Crippen LogP contribution in [0.1, 0.15) is 21.5 Å². The van der Waals surface area contributed by atoms with E-state index in [0.29, 0.717) is 0 Å². The van der Waals surface area contributed by atoms with Gasteiger partial charge in [0, 0.05) is 28.9 Å². The summed E-state index contributed by atoms with van der Waals surface area (Å²) in [7, 11) is 0. The number of hydrogen-bond donors (Lipinski definition) is 2. The van der Waals surface area contributed by atoms with Gasteiger partial charge in [0.25, 0.3) is 0 Å². The Balaban J connectivity index is 1.81. The zero-order chi connectivity index (χ0) is 18.3. The van der Waals surface area contributed by atoms with Gasteiger partial charge in [0.05, 0.1) is 5.56 Å². The van der Waals surface area contributed by atoms with Gasteiger partial charge >= 0.3 is 5.97 Å². The summed E-state index contributed by atoms with van der Waals surface area (Å²) < 4.78 is 0. The number of carboxylic acids is 1. The maximum Gasteiger partial charge on any atom is 0.335 e. The Labute approximate surface area is 151 Å². The number of nitrogens with zero attached hydrogens (tertiary/aromatic N) is 1. The molecule has 0 fully saturated rings. The van der Waals surface area contributed by atoms with E-state index in [-0.39, 0.29) is 5.56 Å². The third kappa shape index (κ3) is 2.75. The van der Waals surface area contributed by atoms with Gasteiger partial charge in [0.2, 0.25) is 0 Å². The Kier molecular flexibility index (Phi) is 3.81. The Morgan fingerprint density at radius 3 is 2.35 bits per heavy atom. The minimum absolute atomic E-state index is 0.280. The van der Waals surface area contributed by atoms with Crippen molar-refractivity contribution in [2.75, 3.05) is 0 Å². The fourth-order valence-electron chi connectivity index (χ4n) is 3.11. The molecule has 0 aliphatic heterocycles. The van der Waals surface area contributed by atoms with Crippen LogP contribution in [0.25, 0.3) is 33.3 Å². The molecule has 0 bridgehead atoms. The van der Waals surface area contributed by atoms with E-state index in [4.69, 9.17) is 5.11 Å². The van der Waals surface area contributed by atoms with E-state index >= 15 is 0 Å². The predicted octanol–water partition coefficient (Wildman–Crippen LogP) is 5.21. The van der Waals surface area contributed by atoms with Crippen LogP contribution in [0.2, 0.25) is 0 Å². The van der Waals surface area contributed by atoms with E-state index in [1.165, 1.54) is 11.1 Å². The summed E-state index contributed by atoms with van der Waals surface area (Å²) in [5, 5.41) is 10.1. The molecule has 2 N–H and O–H groups in total. The van der Waals surface area contributed by atoms with Gasteiger partial charge in [0.1, 0.15) is 5.65 Å². The zero-order valence-electron chi connectivity index (χ0n) is 14.6. The van der Waals surface area contributed by atoms with Crippen LogP contribution in [0.5, 0.6) is 0 Å². The van der Waals surface area contributed by atoms with Crippen LogP contribution in [-0.2, 0) is 0 Å². The topological polar surface area (TPSA) is 66.0 Å². The number of benzene rings is 2. The maximum absolute atomic E-state index is 11.0. The summed E-state index contributed by atoms with van der Waals surface area (Å²) in [6.45, 7) is 4.21. The first-order chi connectivity index (χ1) is 12.5. The fourth-order valence-corrected chi connectivity index (χ4v) is 3.11. The number of fused-ring (bicyclic) bond motifs is 1. The molecule has 4 aromatic rings. The molecule has 0 saturated carbocycles. The van der Waals surface area contributed by atoms with Crippen LogP contribution in [0.15, 0.2) is 60.9 Å². The number of aromatic carboxylic acids is 1. The minimum atomic E-state index is -0.922. The largest absolute Gasteiger partial charge is 0.478 e. The van der Waals surface area contributed by atoms with Gasteiger partial charge in [-0.2, -0.15) is 0 Å². The standard InChI is InChI=1S/C22H18N2O2/c1-13-3-4-17(9-14(13)2)18-10-19-20(12-24-21(19)23-11-18)15-5-7-16(8-6-15)22(25)26/h3-12H,1-2H3,(H,23,24)(H,25,26). The highest BCUT2D eigenvalue weighted by Crippen LogP contribution is 2.31. The molecule has 0 aliphatic carbocycles. The van der Waals surface area contributed by atoms with E-state index in [9.17, 15) is 4.79 Å². The van der Waals surface area contributed by atoms with E-state index < -0.39 is 5.97 Å². The lowest BCUT2D eigenvalue weighted by atomic mass is 9.99. The molecule has 0 radical (unpaired) electrons. The van der Waals surface area contributed by atoms with Crippen molar-refractivity contribution in [2.45, 2.75) is 13.8 Å². The minimum Gasteiger partial charge on any atom is -0.478 e. The van der Waals surface area contributed by atoms with Crippen LogP contribution < -0.4 is 0 Å². The number of pyridine rings is 1. The van der Waals surface area contributed by atoms with Gasteiger partial charge in [-0.25, -0.2) is 9.78 Å². The quantitative estimate of drug-likeness (QED) is 0.537. The molecule has 2 heterocycles. The van der Waals surface area contributed by atoms with Gasteiger partial charge in [-0.15, -0.1) is 0 Å². The van der Waals surface area contributed by atoms with Crippen LogP contribution in [-0.4, -0.2) is 21.0 Å². The summed E-state index contributed by atoms with van der Waals surface area (Å²) in [4.78, 5) is 18.8. The molecular weight excluding hydrogens is 324 g/mol. The molecule has 2 aromatic heterocycles. The van der Waals surface area contributed by atoms with Gasteiger partial charge < -0.3 is 10.1 Å². The first-order valence-electron chi connectivity index (χ1n) is 8.41. The number of aromatic amines is 1. The fraction of sp³-hybridized carbons (Fsp3) is 0.0909. The highest BCUT2D eigenvalue weighted by molar-refractivity contribution is 5.96. The molecule has 2 aromatic carbocycles. The Morgan fingerprint density at radius 1 is 0.923 bits per heavy atom. The van der Waals surface area contributed by atoms with Gasteiger partial charge in [-0.3, -0.25) is 0 Å². The van der Waals surface area contributed by atoms with Gasteiger partial charge in [0.15, 0.2) is 0 Å². The molecule has 128 valence electrons. The molecule has 4 heteroatoms. The second-order valence-corrected chi connectivity index (χ2v) is 6.50. The lowest BCUT2D eigenvalue weighted by molar-refractivity contribution is 0.0697. The molecule has 4 nitrogen and oxygen atoms in total. The lowest BCUT2D eigenvalue weighted by Crippen LogP contribution is -1.94. The molecular formula is C22H18N2O2. The van der Waals surface area contributed by atoms with E-state index in [1.54, 1.807) is 12.1 Å². The number of carboxylic acid groups (broad SMARTS) is 1. The number of nitrogens with one attached hydrogen (secondary N) is 1. The van der Waals surface area contributed by atoms with Crippen molar-refractivity contribution in [3.05, 3.63) is 77.6 Å². The SMILES string of the molecule is Cc1ccc(-c2cnc3[nH]cc(-c4ccc(C(=O)O)cc4)c3c2)cc1C. The second kappa shape index (κ2) is 6.15. The Hall–Kier alpha value is -3.40. The van der Waals surface area contributed by atoms with Crippen molar-refractivity contribution < 1.29 is 9.90 Å². The van der Waals surface area contributed by atoms with Gasteiger partial charge in [-0.05, 0) is 54.3 Å². The summed E-state index contributed by atoms with van der Waals surface area (Å²) in [5.74, 6) is -0.922. The summed E-state index contributed by atoms with van der Waals surface area (Å²) >= 11 is 0. The maximum atomic E-state index is 11.0. The molecule has 26 heavy (non-hydrogen) atoms. The number of carbonyl (C=O) groups is 1. The zero-order valence-corrected chi connectivity index (χ0v) is 14.6. The average Bonchev–Trinajstić information content (AvgIpc) is 3.07. The van der Waals surface area contributed by atoms with Crippen molar-refractivity contribution in [1.29, 1.82) is 0 Å². The van der Waals surface area contributed by atoms with Crippen LogP contribution in [0, 0.1) is 13.8 Å². The molecule has 0 unspecified atom stereocenters. The number of hydrogen-bond acceptors (Lipinski definition) is 2. The molecule has 0 atom stereocenters. The Morgan fingerprint density at radius 2 is 1.65 bits per heavy atom. The first-order valence-corrected chi connectivity index (χ1v) is 8.41. The Bertz CT molecular complexity index is 1120. The highest BCUT2D eigenvalue weighted by Gasteiger charge is 2.10. The third-order valence-electron chi connectivity index (χ3n) is 4.81. The monoisotopic (exact) mass is 342 g/mol. The van der Waals surface area contributed by atoms with E-state index in [1.807, 2.05) is 24.5 Å². The highest BCUT2D eigenvalue weighted by atomic mass is 16.4. The third-order valence-corrected chi connectivity index (χ3v) is 4.81. The molecule has 0 amide bonds. The number of aromatic nitrogens is 2. The summed E-state index contributed by atoms with van der Waals surface area (Å²) in [5.41, 5.74) is 7.78. The van der Waals surface area contributed by atoms with Crippen molar-refractivity contribution in [2.24, 2.45) is 0 Å². The number of aryl methyl sites for hydroxylation is 2. The van der Waals surface area contributed by atoms with Crippen molar-refractivity contribution >= 4 is 17.0 Å². The van der Waals surface area contributed by atoms with Crippen LogP contribution in [0.3, 0.4) is 0 Å². The van der Waals surface area contributed by atoms with Crippen molar-refractivity contribution in [1.82, 2.24) is 9.97 Å². The normalized spacial score (nSPS) is 11.0. The molecule has 0 aliphatic rings. The molecule has 0 spiro atoms. The lowest BCUT2D eigenvalue weighted by Gasteiger charge is -2.06. The number of H-pyrrole nitrogens is 1. The second-order valence-electron chi connectivity index (χ2n) is 6.50. The van der Waals surface area contributed by atoms with Crippen molar-refractivity contribution in [3.63, 3.8) is 0 Å². The number of rotatable bonds is 3. The smallest absolute Gasteiger partial charge is 0.335 e. The van der Waals surface area contributed by atoms with Crippen LogP contribution in [0.4, 0.5) is 0 Å². The van der Waals surface area contributed by atoms with Crippen molar-refractivity contribution in [3.8, 4) is 22.3 Å². The van der Waals surface area contributed by atoms with Crippen LogP contribution >= 0.6 is 0 Å². The summed E-state index contributed by atoms with van der Waals surface area (Å²) in [6.07, 6.45) is 3.79.